The Bertz CT molecular complexity index is 763. The van der Waals surface area contributed by atoms with Gasteiger partial charge in [0.1, 0.15) is 39.2 Å². The lowest BCUT2D eigenvalue weighted by molar-refractivity contribution is -0.407. The molecule has 0 aromatic rings. The molecule has 10 nitrogen and oxygen atoms in total. The van der Waals surface area contributed by atoms with Gasteiger partial charge in [-0.25, -0.2) is 0 Å². The fraction of sp³-hybridized carbons (Fsp3) is 1.00. The second kappa shape index (κ2) is 8.31. The van der Waals surface area contributed by atoms with Gasteiger partial charge in [-0.05, 0) is 61.8 Å². The maximum Gasteiger partial charge on any atom is 0.124 e. The van der Waals surface area contributed by atoms with Crippen LogP contribution in [0.25, 0.3) is 0 Å². The van der Waals surface area contributed by atoms with Crippen molar-refractivity contribution >= 4 is 0 Å². The second-order valence-electron chi connectivity index (χ2n) is 12.1. The van der Waals surface area contributed by atoms with Crippen LogP contribution in [0.3, 0.4) is 0 Å². The van der Waals surface area contributed by atoms with Gasteiger partial charge in [0.05, 0.1) is 32.0 Å². The fourth-order valence-corrected chi connectivity index (χ4v) is 5.52. The van der Waals surface area contributed by atoms with Gasteiger partial charge in [-0.1, -0.05) is 6.92 Å². The molecule has 34 heavy (non-hydrogen) atoms. The van der Waals surface area contributed by atoms with E-state index in [1.807, 2.05) is 0 Å². The highest BCUT2D eigenvalue weighted by Crippen LogP contribution is 2.55. The normalized spacial score (nSPS) is 56.5. The number of aliphatic hydroxyl groups is 7. The SMILES string of the molecule is CC1(O)[C@@](C)(COCC[C@@]2(C)C(C)(O)COC(C)(CO)[C@@]2(C)O)OC(C)(CO)[C@@](C)(O)[C@@]1(C)O. The van der Waals surface area contributed by atoms with Gasteiger partial charge in [0.25, 0.3) is 0 Å². The van der Waals surface area contributed by atoms with Crippen molar-refractivity contribution in [1.29, 1.82) is 0 Å². The topological polar surface area (TPSA) is 169 Å². The highest BCUT2D eigenvalue weighted by molar-refractivity contribution is 5.23. The van der Waals surface area contributed by atoms with Crippen LogP contribution in [-0.2, 0) is 14.2 Å². The van der Waals surface area contributed by atoms with Crippen LogP contribution in [0.2, 0.25) is 0 Å². The van der Waals surface area contributed by atoms with Gasteiger partial charge in [-0.3, -0.25) is 0 Å². The Labute approximate surface area is 202 Å². The molecule has 0 radical (unpaired) electrons. The summed E-state index contributed by atoms with van der Waals surface area (Å²) in [5, 5.41) is 75.9. The van der Waals surface area contributed by atoms with Crippen molar-refractivity contribution in [2.24, 2.45) is 5.41 Å². The van der Waals surface area contributed by atoms with Crippen molar-refractivity contribution in [3.05, 3.63) is 0 Å². The molecule has 10 heteroatoms. The van der Waals surface area contributed by atoms with Gasteiger partial charge in [0, 0.05) is 12.0 Å². The van der Waals surface area contributed by atoms with E-state index >= 15 is 0 Å². The molecule has 0 bridgehead atoms. The van der Waals surface area contributed by atoms with E-state index in [1.54, 1.807) is 20.8 Å². The molecule has 0 saturated carbocycles. The molecule has 2 aliphatic heterocycles. The summed E-state index contributed by atoms with van der Waals surface area (Å²) in [6.07, 6.45) is 0.162. The van der Waals surface area contributed by atoms with Crippen molar-refractivity contribution in [2.45, 2.75) is 114 Å². The molecule has 0 amide bonds. The lowest BCUT2D eigenvalue weighted by Crippen LogP contribution is -2.85. The third-order valence-electron chi connectivity index (χ3n) is 10.1. The Balaban J connectivity index is 2.27. The van der Waals surface area contributed by atoms with E-state index in [2.05, 4.69) is 0 Å². The first-order valence-electron chi connectivity index (χ1n) is 11.7. The van der Waals surface area contributed by atoms with Crippen molar-refractivity contribution < 1.29 is 50.0 Å². The van der Waals surface area contributed by atoms with Crippen LogP contribution in [0.5, 0.6) is 0 Å². The van der Waals surface area contributed by atoms with Gasteiger partial charge >= 0.3 is 0 Å². The van der Waals surface area contributed by atoms with E-state index in [0.29, 0.717) is 0 Å². The summed E-state index contributed by atoms with van der Waals surface area (Å²) in [7, 11) is 0. The molecular formula is C24H46O10. The Morgan fingerprint density at radius 2 is 1.12 bits per heavy atom. The van der Waals surface area contributed by atoms with E-state index in [1.165, 1.54) is 41.5 Å². The van der Waals surface area contributed by atoms with Crippen LogP contribution in [-0.4, -0.2) is 114 Å². The Kier molecular flexibility index (Phi) is 7.29. The zero-order valence-corrected chi connectivity index (χ0v) is 22.1. The number of ether oxygens (including phenoxy) is 3. The van der Waals surface area contributed by atoms with Gasteiger partial charge in [-0.15, -0.1) is 0 Å². The number of hydrogen-bond donors (Lipinski definition) is 7. The van der Waals surface area contributed by atoms with Crippen molar-refractivity contribution in [2.75, 3.05) is 33.0 Å². The average Bonchev–Trinajstić information content (AvgIpc) is 2.72. The van der Waals surface area contributed by atoms with Crippen LogP contribution >= 0.6 is 0 Å². The van der Waals surface area contributed by atoms with Gasteiger partial charge in [0.2, 0.25) is 0 Å². The summed E-state index contributed by atoms with van der Waals surface area (Å²) in [5.41, 5.74) is -14.8. The lowest BCUT2D eigenvalue weighted by Gasteiger charge is -2.65. The summed E-state index contributed by atoms with van der Waals surface area (Å²) in [4.78, 5) is 0. The molecular weight excluding hydrogens is 448 g/mol. The Hall–Kier alpha value is -0.400. The molecule has 2 saturated heterocycles. The molecule has 0 aromatic heterocycles. The molecule has 0 aromatic carbocycles. The average molecular weight is 495 g/mol. The van der Waals surface area contributed by atoms with Gasteiger partial charge in [0.15, 0.2) is 0 Å². The minimum atomic E-state index is -2.09. The monoisotopic (exact) mass is 494 g/mol. The number of rotatable bonds is 7. The molecule has 2 rings (SSSR count). The fourth-order valence-electron chi connectivity index (χ4n) is 5.52. The van der Waals surface area contributed by atoms with Crippen molar-refractivity contribution in [3.8, 4) is 0 Å². The lowest BCUT2D eigenvalue weighted by atomic mass is 9.55. The van der Waals surface area contributed by atoms with E-state index < -0.39 is 63.4 Å². The molecule has 2 fully saturated rings. The first kappa shape index (κ1) is 29.8. The smallest absolute Gasteiger partial charge is 0.124 e. The molecule has 4 unspecified atom stereocenters. The van der Waals surface area contributed by atoms with E-state index in [4.69, 9.17) is 14.2 Å². The number of hydrogen-bond acceptors (Lipinski definition) is 10. The largest absolute Gasteiger partial charge is 0.393 e. The predicted molar refractivity (Wildman–Crippen MR) is 123 cm³/mol. The Morgan fingerprint density at radius 1 is 0.647 bits per heavy atom. The molecule has 9 atom stereocenters. The van der Waals surface area contributed by atoms with E-state index in [0.717, 1.165) is 0 Å². The van der Waals surface area contributed by atoms with E-state index in [9.17, 15) is 35.7 Å². The van der Waals surface area contributed by atoms with E-state index in [-0.39, 0.29) is 26.2 Å². The summed E-state index contributed by atoms with van der Waals surface area (Å²) in [6, 6.07) is 0. The summed E-state index contributed by atoms with van der Waals surface area (Å²) < 4.78 is 17.6. The van der Waals surface area contributed by atoms with Crippen LogP contribution in [0.4, 0.5) is 0 Å². The van der Waals surface area contributed by atoms with Gasteiger partial charge < -0.3 is 50.0 Å². The van der Waals surface area contributed by atoms with Crippen molar-refractivity contribution in [3.63, 3.8) is 0 Å². The van der Waals surface area contributed by atoms with Crippen LogP contribution in [0.15, 0.2) is 0 Å². The zero-order valence-electron chi connectivity index (χ0n) is 22.1. The number of aliphatic hydroxyl groups excluding tert-OH is 2. The predicted octanol–water partition coefficient (Wildman–Crippen LogP) is -0.524. The highest BCUT2D eigenvalue weighted by atomic mass is 16.6. The standard InChI is InChI=1S/C24H46O10/c1-16(17(2,27)14-33-18(3,12-25)21(16,6)28)10-11-32-15-20(5)23(8,30)24(9,31)22(7,29)19(4,13-26)34-20/h25-31H,10-15H2,1-9H3/t16-,17?,18?,19?,20+,21-,22+,23?,24+/m0/s1. The van der Waals surface area contributed by atoms with Crippen LogP contribution < -0.4 is 0 Å². The first-order valence-corrected chi connectivity index (χ1v) is 11.7. The molecule has 2 aliphatic rings. The third kappa shape index (κ3) is 3.60. The van der Waals surface area contributed by atoms with Gasteiger partial charge in [-0.2, -0.15) is 0 Å². The molecule has 0 aliphatic carbocycles. The maximum absolute atomic E-state index is 11.4. The third-order valence-corrected chi connectivity index (χ3v) is 10.1. The molecule has 0 spiro atoms. The second-order valence-corrected chi connectivity index (χ2v) is 12.1. The summed E-state index contributed by atoms with van der Waals surface area (Å²) in [6.45, 7) is 11.9. The summed E-state index contributed by atoms with van der Waals surface area (Å²) in [5.74, 6) is 0. The molecule has 7 N–H and O–H groups in total. The van der Waals surface area contributed by atoms with Crippen LogP contribution in [0.1, 0.15) is 68.7 Å². The Morgan fingerprint density at radius 3 is 1.59 bits per heavy atom. The quantitative estimate of drug-likeness (QED) is 0.229. The van der Waals surface area contributed by atoms with Crippen molar-refractivity contribution in [1.82, 2.24) is 0 Å². The minimum absolute atomic E-state index is 0.0215. The summed E-state index contributed by atoms with van der Waals surface area (Å²) >= 11 is 0. The molecule has 202 valence electrons. The minimum Gasteiger partial charge on any atom is -0.393 e. The highest BCUT2D eigenvalue weighted by Gasteiger charge is 2.74. The maximum atomic E-state index is 11.4. The van der Waals surface area contributed by atoms with Crippen LogP contribution in [0, 0.1) is 5.41 Å². The zero-order chi connectivity index (χ0) is 26.9. The first-order chi connectivity index (χ1) is 15.0. The molecule has 2 heterocycles.